The molecule has 0 N–H and O–H groups in total. The van der Waals surface area contributed by atoms with E-state index in [9.17, 15) is 0 Å². The molecule has 2 nitrogen and oxygen atoms in total. The van der Waals surface area contributed by atoms with E-state index in [-0.39, 0.29) is 0 Å². The molecule has 0 heterocycles. The Morgan fingerprint density at radius 2 is 0.860 bits per heavy atom. The van der Waals surface area contributed by atoms with Gasteiger partial charge in [0.25, 0.3) is 0 Å². The molecule has 43 heavy (non-hydrogen) atoms. The average molecular weight is 559 g/mol. The second-order valence-corrected chi connectivity index (χ2v) is 10.6. The highest BCUT2D eigenvalue weighted by Gasteiger charge is 2.12. The van der Waals surface area contributed by atoms with Crippen molar-refractivity contribution in [3.63, 3.8) is 0 Å². The first-order valence-electron chi connectivity index (χ1n) is 14.6. The van der Waals surface area contributed by atoms with Gasteiger partial charge < -0.3 is 9.47 Å². The topological polar surface area (TPSA) is 18.5 Å². The van der Waals surface area contributed by atoms with Crippen LogP contribution >= 0.6 is 0 Å². The molecule has 210 valence electrons. The molecule has 0 unspecified atom stereocenters. The molecule has 6 aromatic rings. The molecule has 0 saturated heterocycles. The molecule has 0 aliphatic carbocycles. The fourth-order valence-electron chi connectivity index (χ4n) is 5.17. The number of hydrogen-bond donors (Lipinski definition) is 0. The molecule has 6 aromatic carbocycles. The van der Waals surface area contributed by atoms with Crippen LogP contribution in [0, 0.1) is 6.92 Å². The lowest BCUT2D eigenvalue weighted by Crippen LogP contribution is -1.95. The zero-order valence-electron chi connectivity index (χ0n) is 24.4. The van der Waals surface area contributed by atoms with Gasteiger partial charge in [0.2, 0.25) is 0 Å². The quantitative estimate of drug-likeness (QED) is 0.166. The maximum atomic E-state index is 6.07. The highest BCUT2D eigenvalue weighted by Crippen LogP contribution is 2.38. The van der Waals surface area contributed by atoms with Crippen LogP contribution in [0.15, 0.2) is 152 Å². The molecular weight excluding hydrogens is 524 g/mol. The van der Waals surface area contributed by atoms with Crippen molar-refractivity contribution in [2.24, 2.45) is 0 Å². The molecule has 0 aliphatic heterocycles. The van der Waals surface area contributed by atoms with Gasteiger partial charge in [-0.3, -0.25) is 0 Å². The maximum absolute atomic E-state index is 6.07. The number of benzene rings is 6. The number of rotatable bonds is 10. The molecule has 0 atom stereocenters. The Morgan fingerprint density at radius 3 is 1.28 bits per heavy atom. The van der Waals surface area contributed by atoms with E-state index in [1.165, 1.54) is 27.8 Å². The highest BCUT2D eigenvalue weighted by molar-refractivity contribution is 5.91. The molecule has 6 rings (SSSR count). The Bertz CT molecular complexity index is 1800. The van der Waals surface area contributed by atoms with Gasteiger partial charge in [0.1, 0.15) is 24.7 Å². The van der Waals surface area contributed by atoms with E-state index in [1.54, 1.807) is 0 Å². The summed E-state index contributed by atoms with van der Waals surface area (Å²) < 4.78 is 12.1. The molecule has 0 aromatic heterocycles. The molecule has 0 radical (unpaired) electrons. The van der Waals surface area contributed by atoms with Crippen molar-refractivity contribution in [3.05, 3.63) is 174 Å². The summed E-state index contributed by atoms with van der Waals surface area (Å²) in [7, 11) is 0. The van der Waals surface area contributed by atoms with Gasteiger partial charge in [0.05, 0.1) is 0 Å². The monoisotopic (exact) mass is 558 g/mol. The molecule has 0 fully saturated rings. The lowest BCUT2D eigenvalue weighted by Gasteiger charge is -2.15. The summed E-state index contributed by atoms with van der Waals surface area (Å²) in [6.07, 6.45) is 1.85. The molecule has 0 bridgehead atoms. The van der Waals surface area contributed by atoms with E-state index in [0.717, 1.165) is 39.3 Å². The number of ether oxygens (including phenoxy) is 2. The van der Waals surface area contributed by atoms with Gasteiger partial charge in [-0.1, -0.05) is 140 Å². The Kier molecular flexibility index (Phi) is 8.47. The van der Waals surface area contributed by atoms with Gasteiger partial charge in [-0.25, -0.2) is 0 Å². The van der Waals surface area contributed by atoms with Crippen molar-refractivity contribution in [2.45, 2.75) is 20.1 Å². The van der Waals surface area contributed by atoms with E-state index < -0.39 is 0 Å². The van der Waals surface area contributed by atoms with Gasteiger partial charge in [-0.05, 0) is 81.3 Å². The van der Waals surface area contributed by atoms with Gasteiger partial charge in [-0.15, -0.1) is 0 Å². The first kappa shape index (κ1) is 27.8. The fourth-order valence-corrected chi connectivity index (χ4v) is 5.17. The van der Waals surface area contributed by atoms with Gasteiger partial charge in [0.15, 0.2) is 0 Å². The second-order valence-electron chi connectivity index (χ2n) is 10.6. The third-order valence-corrected chi connectivity index (χ3v) is 7.62. The summed E-state index contributed by atoms with van der Waals surface area (Å²) in [4.78, 5) is 0. The fraction of sp³-hybridized carbons (Fsp3) is 0.0732. The Morgan fingerprint density at radius 1 is 0.465 bits per heavy atom. The van der Waals surface area contributed by atoms with Crippen LogP contribution in [-0.4, -0.2) is 0 Å². The third kappa shape index (κ3) is 6.77. The molecule has 2 heteroatoms. The van der Waals surface area contributed by atoms with Crippen LogP contribution in [0.2, 0.25) is 0 Å². The summed E-state index contributed by atoms with van der Waals surface area (Å²) in [5.74, 6) is 1.71. The zero-order chi connectivity index (χ0) is 29.4. The van der Waals surface area contributed by atoms with E-state index in [4.69, 9.17) is 9.47 Å². The Labute approximate surface area is 254 Å². The summed E-state index contributed by atoms with van der Waals surface area (Å²) >= 11 is 0. The minimum atomic E-state index is 0.524. The molecule has 0 saturated carbocycles. The smallest absolute Gasteiger partial charge is 0.119 e. The van der Waals surface area contributed by atoms with Crippen LogP contribution in [0.25, 0.3) is 39.5 Å². The Hall–Kier alpha value is -5.34. The lowest BCUT2D eigenvalue weighted by atomic mass is 9.89. The van der Waals surface area contributed by atoms with E-state index >= 15 is 0 Å². The van der Waals surface area contributed by atoms with Crippen molar-refractivity contribution in [1.29, 1.82) is 0 Å². The zero-order valence-corrected chi connectivity index (χ0v) is 24.4. The maximum Gasteiger partial charge on any atom is 0.119 e. The molecule has 0 amide bonds. The van der Waals surface area contributed by atoms with E-state index in [1.807, 2.05) is 18.2 Å². The second kappa shape index (κ2) is 13.1. The predicted octanol–water partition coefficient (Wildman–Crippen LogP) is 10.8. The minimum Gasteiger partial charge on any atom is -0.489 e. The third-order valence-electron chi connectivity index (χ3n) is 7.62. The van der Waals surface area contributed by atoms with E-state index in [2.05, 4.69) is 147 Å². The van der Waals surface area contributed by atoms with Crippen molar-refractivity contribution in [1.82, 2.24) is 0 Å². The van der Waals surface area contributed by atoms with Crippen LogP contribution in [-0.2, 0) is 13.2 Å². The largest absolute Gasteiger partial charge is 0.489 e. The van der Waals surface area contributed by atoms with Gasteiger partial charge >= 0.3 is 0 Å². The van der Waals surface area contributed by atoms with Crippen molar-refractivity contribution >= 4 is 6.08 Å². The SMILES string of the molecule is C=Cc1ccc(COc2ccc(-c3ccccc3-c3ccccc3-c3ccc(OCc4ccc(C)cc4)cc3)cc2)cc1. The first-order valence-corrected chi connectivity index (χ1v) is 14.6. The standard InChI is InChI=1S/C41H34O2/c1-3-31-16-18-33(19-17-31)29-43-37-26-22-35(23-27-37)39-9-5-7-11-41(39)40-10-6-4-8-38(40)34-20-24-36(25-21-34)42-28-32-14-12-30(2)13-15-32/h3-27H,1,28-29H2,2H3. The summed E-state index contributed by atoms with van der Waals surface area (Å²) in [6, 6.07) is 50.6. The van der Waals surface area contributed by atoms with Crippen molar-refractivity contribution in [2.75, 3.05) is 0 Å². The first-order chi connectivity index (χ1) is 21.2. The summed E-state index contributed by atoms with van der Waals surface area (Å²) in [6.45, 7) is 6.99. The van der Waals surface area contributed by atoms with Gasteiger partial charge in [-0.2, -0.15) is 0 Å². The minimum absolute atomic E-state index is 0.524. The van der Waals surface area contributed by atoms with Crippen LogP contribution < -0.4 is 9.47 Å². The predicted molar refractivity (Wildman–Crippen MR) is 179 cm³/mol. The Balaban J connectivity index is 1.20. The van der Waals surface area contributed by atoms with Gasteiger partial charge in [0, 0.05) is 0 Å². The summed E-state index contributed by atoms with van der Waals surface area (Å²) in [5.41, 5.74) is 11.7. The van der Waals surface area contributed by atoms with Crippen LogP contribution in [0.1, 0.15) is 22.3 Å². The molecule has 0 aliphatic rings. The number of aryl methyl sites for hydroxylation is 1. The van der Waals surface area contributed by atoms with Crippen LogP contribution in [0.4, 0.5) is 0 Å². The van der Waals surface area contributed by atoms with E-state index in [0.29, 0.717) is 13.2 Å². The number of hydrogen-bond acceptors (Lipinski definition) is 2. The van der Waals surface area contributed by atoms with Crippen molar-refractivity contribution < 1.29 is 9.47 Å². The van der Waals surface area contributed by atoms with Crippen molar-refractivity contribution in [3.8, 4) is 44.9 Å². The highest BCUT2D eigenvalue weighted by atomic mass is 16.5. The molecule has 0 spiro atoms. The lowest BCUT2D eigenvalue weighted by molar-refractivity contribution is 0.306. The average Bonchev–Trinajstić information content (AvgIpc) is 3.08. The van der Waals surface area contributed by atoms with Crippen LogP contribution in [0.3, 0.4) is 0 Å². The normalized spacial score (nSPS) is 10.7. The molecular formula is C41H34O2. The summed E-state index contributed by atoms with van der Waals surface area (Å²) in [5, 5.41) is 0. The van der Waals surface area contributed by atoms with Crippen LogP contribution in [0.5, 0.6) is 11.5 Å².